The molecule has 0 aromatic carbocycles. The summed E-state index contributed by atoms with van der Waals surface area (Å²) in [4.78, 5) is 2.19. The molecule has 0 bridgehead atoms. The Kier molecular flexibility index (Phi) is 6.16. The van der Waals surface area contributed by atoms with Crippen LogP contribution in [0.3, 0.4) is 0 Å². The number of aromatic amines is 1. The van der Waals surface area contributed by atoms with Gasteiger partial charge in [0, 0.05) is 45.0 Å². The minimum atomic E-state index is -3.17. The second kappa shape index (κ2) is 7.88. The van der Waals surface area contributed by atoms with E-state index in [1.807, 2.05) is 6.92 Å². The van der Waals surface area contributed by atoms with Gasteiger partial charge in [0.2, 0.25) is 10.0 Å². The molecule has 2 heterocycles. The molecule has 1 saturated heterocycles. The molecule has 3 N–H and O–H groups in total. The Morgan fingerprint density at radius 2 is 2.14 bits per heavy atom. The van der Waals surface area contributed by atoms with Crippen molar-refractivity contribution in [3.63, 3.8) is 0 Å². The highest BCUT2D eigenvalue weighted by molar-refractivity contribution is 7.89. The first kappa shape index (κ1) is 16.4. The van der Waals surface area contributed by atoms with Crippen molar-refractivity contribution in [1.82, 2.24) is 25.1 Å². The molecule has 0 aliphatic carbocycles. The molecular weight excluding hydrogens is 290 g/mol. The third-order valence-electron chi connectivity index (χ3n) is 3.77. The second-order valence-corrected chi connectivity index (χ2v) is 7.36. The van der Waals surface area contributed by atoms with Crippen LogP contribution >= 0.6 is 0 Å². The summed E-state index contributed by atoms with van der Waals surface area (Å²) < 4.78 is 26.5. The standard InChI is InChI=1S/C13H25N5O2S/c1-12-13(11-15-17-12)3-2-4-16-21(19,20)10-9-18-7-5-14-6-8-18/h11,14,16H,2-10H2,1H3,(H,15,17). The van der Waals surface area contributed by atoms with Gasteiger partial charge in [0.15, 0.2) is 0 Å². The third kappa shape index (κ3) is 5.74. The van der Waals surface area contributed by atoms with Crippen LogP contribution in [0.1, 0.15) is 17.7 Å². The predicted molar refractivity (Wildman–Crippen MR) is 82.7 cm³/mol. The van der Waals surface area contributed by atoms with Crippen LogP contribution < -0.4 is 10.0 Å². The first-order valence-corrected chi connectivity index (χ1v) is 9.11. The second-order valence-electron chi connectivity index (χ2n) is 5.43. The Balaban J connectivity index is 1.63. The SMILES string of the molecule is Cc1[nH]ncc1CCCNS(=O)(=O)CCN1CCNCC1. The topological polar surface area (TPSA) is 90.1 Å². The molecule has 1 aromatic rings. The van der Waals surface area contributed by atoms with Crippen molar-refractivity contribution in [2.45, 2.75) is 19.8 Å². The lowest BCUT2D eigenvalue weighted by Crippen LogP contribution is -2.46. The number of hydrogen-bond acceptors (Lipinski definition) is 5. The maximum Gasteiger partial charge on any atom is 0.212 e. The van der Waals surface area contributed by atoms with Gasteiger partial charge in [0.05, 0.1) is 11.9 Å². The number of piperazine rings is 1. The van der Waals surface area contributed by atoms with Gasteiger partial charge in [-0.15, -0.1) is 0 Å². The smallest absolute Gasteiger partial charge is 0.212 e. The lowest BCUT2D eigenvalue weighted by atomic mass is 10.1. The lowest BCUT2D eigenvalue weighted by Gasteiger charge is -2.26. The Morgan fingerprint density at radius 3 is 2.81 bits per heavy atom. The monoisotopic (exact) mass is 315 g/mol. The highest BCUT2D eigenvalue weighted by atomic mass is 32.2. The largest absolute Gasteiger partial charge is 0.314 e. The molecule has 0 saturated carbocycles. The quantitative estimate of drug-likeness (QED) is 0.562. The Hall–Kier alpha value is -0.960. The Bertz CT molecular complexity index is 522. The van der Waals surface area contributed by atoms with Crippen LogP contribution in [0.2, 0.25) is 0 Å². The maximum atomic E-state index is 11.9. The molecule has 1 aliphatic heterocycles. The van der Waals surface area contributed by atoms with Crippen molar-refractivity contribution >= 4 is 10.0 Å². The zero-order valence-electron chi connectivity index (χ0n) is 12.6. The lowest BCUT2D eigenvalue weighted by molar-refractivity contribution is 0.253. The van der Waals surface area contributed by atoms with Gasteiger partial charge >= 0.3 is 0 Å². The summed E-state index contributed by atoms with van der Waals surface area (Å²) in [6.07, 6.45) is 3.42. The molecule has 0 unspecified atom stereocenters. The minimum Gasteiger partial charge on any atom is -0.314 e. The molecule has 21 heavy (non-hydrogen) atoms. The van der Waals surface area contributed by atoms with E-state index in [1.54, 1.807) is 6.20 Å². The summed E-state index contributed by atoms with van der Waals surface area (Å²) in [7, 11) is -3.17. The van der Waals surface area contributed by atoms with Crippen molar-refractivity contribution in [3.05, 3.63) is 17.5 Å². The van der Waals surface area contributed by atoms with E-state index < -0.39 is 10.0 Å². The first-order valence-electron chi connectivity index (χ1n) is 7.46. The molecule has 1 aromatic heterocycles. The third-order valence-corrected chi connectivity index (χ3v) is 5.13. The molecule has 0 spiro atoms. The first-order chi connectivity index (χ1) is 10.1. The van der Waals surface area contributed by atoms with E-state index in [-0.39, 0.29) is 5.75 Å². The van der Waals surface area contributed by atoms with Crippen molar-refractivity contribution in [2.75, 3.05) is 45.0 Å². The minimum absolute atomic E-state index is 0.178. The molecule has 0 atom stereocenters. The van der Waals surface area contributed by atoms with Crippen LogP contribution in [0, 0.1) is 6.92 Å². The van der Waals surface area contributed by atoms with Gasteiger partial charge in [0.25, 0.3) is 0 Å². The molecule has 7 nitrogen and oxygen atoms in total. The summed E-state index contributed by atoms with van der Waals surface area (Å²) in [5.74, 6) is 0.178. The number of rotatable bonds is 8. The van der Waals surface area contributed by atoms with E-state index in [0.717, 1.165) is 50.3 Å². The normalized spacial score (nSPS) is 17.2. The summed E-state index contributed by atoms with van der Waals surface area (Å²) in [5, 5.41) is 10.1. The molecule has 0 amide bonds. The van der Waals surface area contributed by atoms with Crippen molar-refractivity contribution in [1.29, 1.82) is 0 Å². The highest BCUT2D eigenvalue weighted by Gasteiger charge is 2.15. The summed E-state index contributed by atoms with van der Waals surface area (Å²) in [5.41, 5.74) is 2.20. The fourth-order valence-electron chi connectivity index (χ4n) is 2.39. The van der Waals surface area contributed by atoms with E-state index in [0.29, 0.717) is 13.1 Å². The van der Waals surface area contributed by atoms with Gasteiger partial charge in [-0.05, 0) is 25.3 Å². The molecule has 8 heteroatoms. The summed E-state index contributed by atoms with van der Waals surface area (Å²) in [6.45, 7) is 6.80. The average molecular weight is 315 g/mol. The number of H-pyrrole nitrogens is 1. The van der Waals surface area contributed by atoms with Crippen LogP contribution in [0.15, 0.2) is 6.20 Å². The molecule has 1 fully saturated rings. The highest BCUT2D eigenvalue weighted by Crippen LogP contribution is 2.05. The van der Waals surface area contributed by atoms with E-state index in [1.165, 1.54) is 0 Å². The van der Waals surface area contributed by atoms with Gasteiger partial charge in [-0.25, -0.2) is 13.1 Å². The zero-order chi connectivity index (χ0) is 15.1. The van der Waals surface area contributed by atoms with Gasteiger partial charge in [-0.2, -0.15) is 5.10 Å². The van der Waals surface area contributed by atoms with Crippen LogP contribution in [0.25, 0.3) is 0 Å². The summed E-state index contributed by atoms with van der Waals surface area (Å²) in [6, 6.07) is 0. The molecule has 120 valence electrons. The predicted octanol–water partition coefficient (Wildman–Crippen LogP) is -0.525. The average Bonchev–Trinajstić information content (AvgIpc) is 2.88. The van der Waals surface area contributed by atoms with Crippen LogP contribution in [-0.2, 0) is 16.4 Å². The number of nitrogens with zero attached hydrogens (tertiary/aromatic N) is 2. The van der Waals surface area contributed by atoms with Gasteiger partial charge < -0.3 is 5.32 Å². The van der Waals surface area contributed by atoms with Crippen LogP contribution in [0.5, 0.6) is 0 Å². The fourth-order valence-corrected chi connectivity index (χ4v) is 3.49. The van der Waals surface area contributed by atoms with Crippen molar-refractivity contribution in [3.8, 4) is 0 Å². The molecule has 1 aliphatic rings. The molecule has 0 radical (unpaired) electrons. The van der Waals surface area contributed by atoms with Crippen LogP contribution in [0.4, 0.5) is 0 Å². The van der Waals surface area contributed by atoms with Gasteiger partial charge in [-0.1, -0.05) is 0 Å². The van der Waals surface area contributed by atoms with Gasteiger partial charge in [0.1, 0.15) is 0 Å². The zero-order valence-corrected chi connectivity index (χ0v) is 13.4. The number of sulfonamides is 1. The van der Waals surface area contributed by atoms with E-state index in [4.69, 9.17) is 0 Å². The number of aryl methyl sites for hydroxylation is 2. The van der Waals surface area contributed by atoms with E-state index >= 15 is 0 Å². The van der Waals surface area contributed by atoms with Crippen molar-refractivity contribution < 1.29 is 8.42 Å². The van der Waals surface area contributed by atoms with Crippen LogP contribution in [-0.4, -0.2) is 68.5 Å². The number of hydrogen-bond donors (Lipinski definition) is 3. The number of aromatic nitrogens is 2. The maximum absolute atomic E-state index is 11.9. The number of nitrogens with one attached hydrogen (secondary N) is 3. The Morgan fingerprint density at radius 1 is 1.38 bits per heavy atom. The molecular formula is C13H25N5O2S. The van der Waals surface area contributed by atoms with Gasteiger partial charge in [-0.3, -0.25) is 10.00 Å². The van der Waals surface area contributed by atoms with E-state index in [9.17, 15) is 8.42 Å². The van der Waals surface area contributed by atoms with E-state index in [2.05, 4.69) is 25.1 Å². The summed E-state index contributed by atoms with van der Waals surface area (Å²) >= 11 is 0. The molecule has 2 rings (SSSR count). The van der Waals surface area contributed by atoms with Crippen molar-refractivity contribution in [2.24, 2.45) is 0 Å². The Labute approximate surface area is 126 Å². The fraction of sp³-hybridized carbons (Fsp3) is 0.769.